The van der Waals surface area contributed by atoms with Crippen molar-refractivity contribution in [1.82, 2.24) is 14.2 Å². The fourth-order valence-electron chi connectivity index (χ4n) is 5.41. The van der Waals surface area contributed by atoms with E-state index in [-0.39, 0.29) is 24.1 Å². The van der Waals surface area contributed by atoms with Crippen LogP contribution >= 0.6 is 0 Å². The van der Waals surface area contributed by atoms with Gasteiger partial charge in [-0.25, -0.2) is 8.91 Å². The van der Waals surface area contributed by atoms with Gasteiger partial charge in [0.15, 0.2) is 0 Å². The third-order valence-electron chi connectivity index (χ3n) is 7.25. The number of benzene rings is 2. The lowest BCUT2D eigenvalue weighted by Crippen LogP contribution is -2.34. The van der Waals surface area contributed by atoms with Crippen LogP contribution in [-0.2, 0) is 12.8 Å². The molecule has 6 nitrogen and oxygen atoms in total. The van der Waals surface area contributed by atoms with Crippen LogP contribution < -0.4 is 5.56 Å². The van der Waals surface area contributed by atoms with Gasteiger partial charge >= 0.3 is 0 Å². The van der Waals surface area contributed by atoms with Gasteiger partial charge in [-0.2, -0.15) is 10.4 Å². The fraction of sp³-hybridized carbons (Fsp3) is 0.345. The molecule has 0 spiro atoms. The van der Waals surface area contributed by atoms with E-state index in [4.69, 9.17) is 0 Å². The zero-order valence-corrected chi connectivity index (χ0v) is 20.3. The minimum Gasteiger partial charge on any atom is -0.393 e. The summed E-state index contributed by atoms with van der Waals surface area (Å²) in [6.07, 6.45) is 5.77. The molecule has 1 aliphatic rings. The Morgan fingerprint density at radius 3 is 2.64 bits per heavy atom. The normalized spacial score (nSPS) is 17.8. The van der Waals surface area contributed by atoms with Gasteiger partial charge in [0.25, 0.3) is 5.56 Å². The summed E-state index contributed by atoms with van der Waals surface area (Å²) in [4.78, 5) is 13.9. The molecule has 36 heavy (non-hydrogen) atoms. The summed E-state index contributed by atoms with van der Waals surface area (Å²) in [5, 5.41) is 23.9. The molecule has 0 atom stereocenters. The number of hydrogen-bond donors (Lipinski definition) is 1. The monoisotopic (exact) mass is 484 g/mol. The number of fused-ring (bicyclic) bond motifs is 1. The van der Waals surface area contributed by atoms with Crippen molar-refractivity contribution in [1.29, 1.82) is 5.26 Å². The van der Waals surface area contributed by atoms with Crippen LogP contribution in [0.25, 0.3) is 16.8 Å². The highest BCUT2D eigenvalue weighted by Gasteiger charge is 2.26. The van der Waals surface area contributed by atoms with Crippen molar-refractivity contribution >= 4 is 5.65 Å². The van der Waals surface area contributed by atoms with E-state index >= 15 is 4.39 Å². The number of nitriles is 1. The lowest BCUT2D eigenvalue weighted by molar-refractivity contribution is 0.110. The predicted octanol–water partition coefficient (Wildman–Crippen LogP) is 5.19. The number of rotatable bonds is 6. The Hall–Kier alpha value is -3.76. The fourth-order valence-corrected chi connectivity index (χ4v) is 5.41. The molecule has 0 amide bonds. The number of aromatic nitrogens is 3. The summed E-state index contributed by atoms with van der Waals surface area (Å²) in [6.45, 7) is 2.05. The molecule has 0 bridgehead atoms. The van der Waals surface area contributed by atoms with E-state index in [0.29, 0.717) is 47.1 Å². The largest absolute Gasteiger partial charge is 0.393 e. The molecular weight excluding hydrogens is 455 g/mol. The summed E-state index contributed by atoms with van der Waals surface area (Å²) in [5.41, 5.74) is 4.24. The molecule has 0 radical (unpaired) electrons. The van der Waals surface area contributed by atoms with E-state index in [2.05, 4.69) is 18.1 Å². The standard InChI is InChI=1S/C29H29FN4O2/c1-2-5-27-25(16-20-9-8-19(17-26(20)30)24-7-4-3-6-21(24)18-31)29(36)33(28-14-15-32-34(27)28)22-10-12-23(35)13-11-22/h3-4,6-9,14-15,17,22-23,35H,2,5,10-13,16H2,1H3/t22-,23-. The lowest BCUT2D eigenvalue weighted by atomic mass is 9.92. The molecule has 0 aliphatic heterocycles. The highest BCUT2D eigenvalue weighted by Crippen LogP contribution is 2.30. The molecule has 1 fully saturated rings. The average Bonchev–Trinajstić information content (AvgIpc) is 3.37. The van der Waals surface area contributed by atoms with E-state index in [1.54, 1.807) is 30.5 Å². The lowest BCUT2D eigenvalue weighted by Gasteiger charge is -2.29. The Bertz CT molecular complexity index is 1510. The Labute approximate surface area is 209 Å². The van der Waals surface area contributed by atoms with Crippen LogP contribution in [0.2, 0.25) is 0 Å². The van der Waals surface area contributed by atoms with Crippen LogP contribution in [0.15, 0.2) is 59.5 Å². The van der Waals surface area contributed by atoms with Gasteiger partial charge < -0.3 is 5.11 Å². The van der Waals surface area contributed by atoms with Crippen LogP contribution in [0.3, 0.4) is 0 Å². The summed E-state index contributed by atoms with van der Waals surface area (Å²) in [5.74, 6) is -0.407. The van der Waals surface area contributed by atoms with Crippen LogP contribution in [0.1, 0.15) is 67.5 Å². The smallest absolute Gasteiger partial charge is 0.257 e. The van der Waals surface area contributed by atoms with E-state index in [9.17, 15) is 15.2 Å². The maximum Gasteiger partial charge on any atom is 0.257 e. The molecule has 1 saturated carbocycles. The number of hydrogen-bond acceptors (Lipinski definition) is 4. The Morgan fingerprint density at radius 1 is 1.14 bits per heavy atom. The van der Waals surface area contributed by atoms with Crippen molar-refractivity contribution in [2.45, 2.75) is 64.0 Å². The maximum atomic E-state index is 15.4. The van der Waals surface area contributed by atoms with E-state index < -0.39 is 5.82 Å². The zero-order chi connectivity index (χ0) is 25.2. The number of halogens is 1. The minimum absolute atomic E-state index is 0.0239. The number of aliphatic hydroxyl groups excluding tert-OH is 1. The van der Waals surface area contributed by atoms with Crippen molar-refractivity contribution in [2.24, 2.45) is 0 Å². The van der Waals surface area contributed by atoms with E-state index in [1.165, 1.54) is 6.07 Å². The number of aryl methyl sites for hydroxylation is 1. The summed E-state index contributed by atoms with van der Waals surface area (Å²) in [7, 11) is 0. The maximum absolute atomic E-state index is 15.4. The predicted molar refractivity (Wildman–Crippen MR) is 136 cm³/mol. The zero-order valence-electron chi connectivity index (χ0n) is 20.3. The molecule has 184 valence electrons. The second-order valence-corrected chi connectivity index (χ2v) is 9.55. The molecule has 7 heteroatoms. The number of nitrogens with zero attached hydrogens (tertiary/aromatic N) is 4. The van der Waals surface area contributed by atoms with Crippen molar-refractivity contribution in [3.8, 4) is 17.2 Å². The van der Waals surface area contributed by atoms with Gasteiger partial charge in [0, 0.05) is 24.1 Å². The van der Waals surface area contributed by atoms with Gasteiger partial charge in [-0.15, -0.1) is 0 Å². The van der Waals surface area contributed by atoms with Gasteiger partial charge in [-0.05, 0) is 60.9 Å². The summed E-state index contributed by atoms with van der Waals surface area (Å²) < 4.78 is 19.1. The third kappa shape index (κ3) is 4.33. The highest BCUT2D eigenvalue weighted by atomic mass is 19.1. The van der Waals surface area contributed by atoms with Gasteiger partial charge in [0.1, 0.15) is 11.5 Å². The average molecular weight is 485 g/mol. The molecule has 0 unspecified atom stereocenters. The summed E-state index contributed by atoms with van der Waals surface area (Å²) >= 11 is 0. The highest BCUT2D eigenvalue weighted by molar-refractivity contribution is 5.70. The minimum atomic E-state index is -0.407. The third-order valence-corrected chi connectivity index (χ3v) is 7.25. The van der Waals surface area contributed by atoms with Crippen LogP contribution in [0, 0.1) is 17.1 Å². The van der Waals surface area contributed by atoms with Gasteiger partial charge in [-0.3, -0.25) is 9.36 Å². The first-order valence-corrected chi connectivity index (χ1v) is 12.6. The Morgan fingerprint density at radius 2 is 1.92 bits per heavy atom. The molecule has 1 aliphatic carbocycles. The molecule has 0 saturated heterocycles. The molecular formula is C29H29FN4O2. The Kier molecular flexibility index (Phi) is 6.71. The van der Waals surface area contributed by atoms with E-state index in [0.717, 1.165) is 30.6 Å². The van der Waals surface area contributed by atoms with Crippen LogP contribution in [-0.4, -0.2) is 25.4 Å². The topological polar surface area (TPSA) is 83.3 Å². The van der Waals surface area contributed by atoms with Crippen molar-refractivity contribution in [3.63, 3.8) is 0 Å². The van der Waals surface area contributed by atoms with Gasteiger partial charge in [0.05, 0.1) is 29.6 Å². The Balaban J connectivity index is 1.59. The molecule has 2 aromatic carbocycles. The van der Waals surface area contributed by atoms with Crippen molar-refractivity contribution in [3.05, 3.63) is 93.3 Å². The first kappa shape index (κ1) is 24.0. The van der Waals surface area contributed by atoms with Gasteiger partial charge in [-0.1, -0.05) is 43.7 Å². The quantitative estimate of drug-likeness (QED) is 0.408. The molecule has 1 N–H and O–H groups in total. The summed E-state index contributed by atoms with van der Waals surface area (Å²) in [6, 6.07) is 16.1. The first-order valence-electron chi connectivity index (χ1n) is 12.6. The number of aliphatic hydroxyl groups is 1. The van der Waals surface area contributed by atoms with Crippen molar-refractivity contribution < 1.29 is 9.50 Å². The molecule has 4 aromatic rings. The second-order valence-electron chi connectivity index (χ2n) is 9.55. The van der Waals surface area contributed by atoms with Crippen LogP contribution in [0.4, 0.5) is 4.39 Å². The molecule has 2 heterocycles. The second kappa shape index (κ2) is 10.1. The SMILES string of the molecule is CCCc1c(Cc2ccc(-c3ccccc3C#N)cc2F)c(=O)n([C@H]2CC[C@H](O)CC2)c2ccnn12. The van der Waals surface area contributed by atoms with Crippen molar-refractivity contribution in [2.75, 3.05) is 0 Å². The van der Waals surface area contributed by atoms with E-state index in [1.807, 2.05) is 27.3 Å². The van der Waals surface area contributed by atoms with Gasteiger partial charge in [0.2, 0.25) is 0 Å². The molecule has 2 aromatic heterocycles. The molecule has 5 rings (SSSR count). The first-order chi connectivity index (χ1) is 17.5. The van der Waals surface area contributed by atoms with Crippen LogP contribution in [0.5, 0.6) is 0 Å².